The zero-order valence-electron chi connectivity index (χ0n) is 8.26. The highest BCUT2D eigenvalue weighted by molar-refractivity contribution is 7.10. The van der Waals surface area contributed by atoms with Gasteiger partial charge in [0.05, 0.1) is 6.04 Å². The number of para-hydroxylation sites is 1. The second-order valence-corrected chi connectivity index (χ2v) is 4.15. The monoisotopic (exact) mass is 259 g/mol. The van der Waals surface area contributed by atoms with Crippen molar-refractivity contribution in [2.24, 2.45) is 5.73 Å². The van der Waals surface area contributed by atoms with Crippen molar-refractivity contribution in [2.45, 2.75) is 6.04 Å². The fourth-order valence-electron chi connectivity index (χ4n) is 1.40. The zero-order chi connectivity index (χ0) is 10.8. The van der Waals surface area contributed by atoms with Gasteiger partial charge in [0.1, 0.15) is 0 Å². The second kappa shape index (κ2) is 5.30. The van der Waals surface area contributed by atoms with Crippen molar-refractivity contribution in [1.82, 2.24) is 0 Å². The number of benzene rings is 1. The fraction of sp³-hybridized carbons (Fsp3) is 0.0909. The Morgan fingerprint density at radius 1 is 1.25 bits per heavy atom. The Labute approximate surface area is 103 Å². The summed E-state index contributed by atoms with van der Waals surface area (Å²) in [6.07, 6.45) is 0. The zero-order valence-corrected chi connectivity index (χ0v) is 9.89. The maximum absolute atomic E-state index is 13.1. The Morgan fingerprint density at radius 2 is 2.00 bits per heavy atom. The minimum absolute atomic E-state index is 0. The third-order valence-electron chi connectivity index (χ3n) is 2.20. The summed E-state index contributed by atoms with van der Waals surface area (Å²) in [4.78, 5) is 0.899. The maximum Gasteiger partial charge on any atom is 0.165 e. The minimum atomic E-state index is -0.639. The summed E-state index contributed by atoms with van der Waals surface area (Å²) < 4.78 is 13.1. The molecule has 2 nitrogen and oxygen atoms in total. The first-order chi connectivity index (χ1) is 7.20. The molecular weight excluding hydrogens is 249 g/mol. The second-order valence-electron chi connectivity index (χ2n) is 3.17. The SMILES string of the molecule is Cl.N[C@H](c1cccs1)c1cccc(F)c1O. The highest BCUT2D eigenvalue weighted by Crippen LogP contribution is 2.31. The predicted molar refractivity (Wildman–Crippen MR) is 65.7 cm³/mol. The molecule has 16 heavy (non-hydrogen) atoms. The van der Waals surface area contributed by atoms with Crippen LogP contribution in [-0.2, 0) is 0 Å². The van der Waals surface area contributed by atoms with E-state index in [1.807, 2.05) is 17.5 Å². The molecule has 3 N–H and O–H groups in total. The average Bonchev–Trinajstić information content (AvgIpc) is 2.74. The van der Waals surface area contributed by atoms with Gasteiger partial charge in [0.2, 0.25) is 0 Å². The number of phenolic OH excluding ortho intramolecular Hbond substituents is 1. The molecule has 0 radical (unpaired) electrons. The molecule has 0 unspecified atom stereocenters. The normalized spacial score (nSPS) is 11.9. The molecule has 2 aromatic rings. The summed E-state index contributed by atoms with van der Waals surface area (Å²) in [5.74, 6) is -1.00. The van der Waals surface area contributed by atoms with Crippen molar-refractivity contribution in [1.29, 1.82) is 0 Å². The summed E-state index contributed by atoms with van der Waals surface area (Å²) in [6, 6.07) is 7.64. The van der Waals surface area contributed by atoms with Gasteiger partial charge in [-0.05, 0) is 17.5 Å². The highest BCUT2D eigenvalue weighted by atomic mass is 35.5. The molecule has 2 rings (SSSR count). The van der Waals surface area contributed by atoms with Gasteiger partial charge in [-0.25, -0.2) is 4.39 Å². The first-order valence-electron chi connectivity index (χ1n) is 4.46. The summed E-state index contributed by atoms with van der Waals surface area (Å²) in [6.45, 7) is 0. The van der Waals surface area contributed by atoms with Crippen molar-refractivity contribution >= 4 is 23.7 Å². The Bertz CT molecular complexity index is 461. The van der Waals surface area contributed by atoms with Gasteiger partial charge in [0.25, 0.3) is 0 Å². The van der Waals surface area contributed by atoms with E-state index >= 15 is 0 Å². The lowest BCUT2D eigenvalue weighted by Crippen LogP contribution is -2.10. The summed E-state index contributed by atoms with van der Waals surface area (Å²) in [5, 5.41) is 11.4. The van der Waals surface area contributed by atoms with Crippen LogP contribution < -0.4 is 5.73 Å². The van der Waals surface area contributed by atoms with Crippen molar-refractivity contribution in [2.75, 3.05) is 0 Å². The third kappa shape index (κ3) is 2.35. The molecule has 0 fully saturated rings. The van der Waals surface area contributed by atoms with Gasteiger partial charge in [-0.15, -0.1) is 23.7 Å². The van der Waals surface area contributed by atoms with Crippen LogP contribution in [0.1, 0.15) is 16.5 Å². The molecule has 0 aliphatic carbocycles. The molecule has 1 atom stereocenters. The molecule has 0 aliphatic rings. The standard InChI is InChI=1S/C11H10FNOS.ClH/c12-8-4-1-3-7(11(8)14)10(13)9-5-2-6-15-9;/h1-6,10,14H,13H2;1H/t10-;/m0./s1. The summed E-state index contributed by atoms with van der Waals surface area (Å²) in [5.41, 5.74) is 6.33. The van der Waals surface area contributed by atoms with Crippen molar-refractivity contribution in [3.05, 3.63) is 52.0 Å². The Hall–Kier alpha value is -1.10. The Kier molecular flexibility index (Phi) is 4.29. The van der Waals surface area contributed by atoms with Crippen molar-refractivity contribution in [3.63, 3.8) is 0 Å². The lowest BCUT2D eigenvalue weighted by Gasteiger charge is -2.11. The van der Waals surface area contributed by atoms with E-state index in [4.69, 9.17) is 5.73 Å². The number of halogens is 2. The van der Waals surface area contributed by atoms with E-state index < -0.39 is 11.9 Å². The summed E-state index contributed by atoms with van der Waals surface area (Å²) in [7, 11) is 0. The van der Waals surface area contributed by atoms with Crippen LogP contribution in [0.2, 0.25) is 0 Å². The minimum Gasteiger partial charge on any atom is -0.505 e. The topological polar surface area (TPSA) is 46.2 Å². The van der Waals surface area contributed by atoms with Gasteiger partial charge in [-0.3, -0.25) is 0 Å². The summed E-state index contributed by atoms with van der Waals surface area (Å²) >= 11 is 1.48. The van der Waals surface area contributed by atoms with Gasteiger partial charge >= 0.3 is 0 Å². The van der Waals surface area contributed by atoms with Crippen LogP contribution in [0, 0.1) is 5.82 Å². The van der Waals surface area contributed by atoms with Gasteiger partial charge in [-0.1, -0.05) is 18.2 Å². The third-order valence-corrected chi connectivity index (χ3v) is 3.16. The van der Waals surface area contributed by atoms with Crippen LogP contribution in [0.15, 0.2) is 35.7 Å². The number of hydrogen-bond donors (Lipinski definition) is 2. The van der Waals surface area contributed by atoms with Gasteiger partial charge in [0, 0.05) is 10.4 Å². The van der Waals surface area contributed by atoms with Crippen molar-refractivity contribution in [3.8, 4) is 5.75 Å². The van der Waals surface area contributed by atoms with Gasteiger partial charge < -0.3 is 10.8 Å². The molecule has 1 heterocycles. The number of rotatable bonds is 2. The van der Waals surface area contributed by atoms with Crippen molar-refractivity contribution < 1.29 is 9.50 Å². The number of phenols is 1. The Morgan fingerprint density at radius 3 is 2.62 bits per heavy atom. The predicted octanol–water partition coefficient (Wildman–Crippen LogP) is 3.06. The maximum atomic E-state index is 13.1. The van der Waals surface area contributed by atoms with Crippen LogP contribution in [0.4, 0.5) is 4.39 Å². The van der Waals surface area contributed by atoms with E-state index in [0.29, 0.717) is 5.56 Å². The molecule has 0 saturated heterocycles. The van der Waals surface area contributed by atoms with E-state index in [2.05, 4.69) is 0 Å². The average molecular weight is 260 g/mol. The first-order valence-corrected chi connectivity index (χ1v) is 5.34. The molecule has 0 bridgehead atoms. The number of thiophene rings is 1. The molecule has 0 amide bonds. The van der Waals surface area contributed by atoms with Crippen LogP contribution in [0.3, 0.4) is 0 Å². The molecule has 1 aromatic heterocycles. The number of hydrogen-bond acceptors (Lipinski definition) is 3. The van der Waals surface area contributed by atoms with E-state index in [0.717, 1.165) is 4.88 Å². The fourth-order valence-corrected chi connectivity index (χ4v) is 2.15. The van der Waals surface area contributed by atoms with Crippen LogP contribution >= 0.6 is 23.7 Å². The molecule has 0 saturated carbocycles. The molecule has 0 aliphatic heterocycles. The van der Waals surface area contributed by atoms with E-state index in [9.17, 15) is 9.50 Å². The van der Waals surface area contributed by atoms with Crippen LogP contribution in [-0.4, -0.2) is 5.11 Å². The van der Waals surface area contributed by atoms with E-state index in [1.54, 1.807) is 6.07 Å². The van der Waals surface area contributed by atoms with E-state index in [1.165, 1.54) is 23.5 Å². The number of aromatic hydroxyl groups is 1. The quantitative estimate of drug-likeness (QED) is 0.871. The van der Waals surface area contributed by atoms with E-state index in [-0.39, 0.29) is 18.2 Å². The van der Waals surface area contributed by atoms with Gasteiger partial charge in [-0.2, -0.15) is 0 Å². The molecule has 86 valence electrons. The largest absolute Gasteiger partial charge is 0.505 e. The smallest absolute Gasteiger partial charge is 0.165 e. The molecule has 1 aromatic carbocycles. The van der Waals surface area contributed by atoms with Crippen LogP contribution in [0.5, 0.6) is 5.75 Å². The lowest BCUT2D eigenvalue weighted by atomic mass is 10.1. The molecular formula is C11H11ClFNOS. The first kappa shape index (κ1) is 13.0. The Balaban J connectivity index is 0.00000128. The lowest BCUT2D eigenvalue weighted by molar-refractivity contribution is 0.424. The van der Waals surface area contributed by atoms with Gasteiger partial charge in [0.15, 0.2) is 11.6 Å². The molecule has 0 spiro atoms. The molecule has 5 heteroatoms. The van der Waals surface area contributed by atoms with Crippen LogP contribution in [0.25, 0.3) is 0 Å². The highest BCUT2D eigenvalue weighted by Gasteiger charge is 2.15. The number of nitrogens with two attached hydrogens (primary N) is 1.